The number of nitrogens with zero attached hydrogens (tertiary/aromatic N) is 8. The highest BCUT2D eigenvalue weighted by Crippen LogP contribution is 2.32. The van der Waals surface area contributed by atoms with Gasteiger partial charge in [0, 0.05) is 36.1 Å². The van der Waals surface area contributed by atoms with E-state index in [9.17, 15) is 4.79 Å². The zero-order chi connectivity index (χ0) is 23.3. The lowest BCUT2D eigenvalue weighted by Gasteiger charge is -2.31. The molecule has 0 bridgehead atoms. The lowest BCUT2D eigenvalue weighted by atomic mass is 9.98. The van der Waals surface area contributed by atoms with Crippen molar-refractivity contribution in [3.8, 4) is 17.3 Å². The fraction of sp³-hybridized carbons (Fsp3) is 0.318. The number of hydrogen-bond acceptors (Lipinski definition) is 11. The van der Waals surface area contributed by atoms with Crippen LogP contribution in [0.2, 0.25) is 0 Å². The molecular weight excluding hydrogens is 456 g/mol. The van der Waals surface area contributed by atoms with Gasteiger partial charge in [0.15, 0.2) is 0 Å². The molecule has 1 saturated heterocycles. The van der Waals surface area contributed by atoms with Gasteiger partial charge >= 0.3 is 0 Å². The van der Waals surface area contributed by atoms with Crippen molar-refractivity contribution in [2.24, 2.45) is 0 Å². The van der Waals surface area contributed by atoms with Crippen molar-refractivity contribution in [2.75, 3.05) is 18.0 Å². The molecule has 174 valence electrons. The molecule has 0 atom stereocenters. The second-order valence-electron chi connectivity index (χ2n) is 7.84. The number of piperidine rings is 1. The van der Waals surface area contributed by atoms with Gasteiger partial charge in [-0.15, -0.1) is 16.4 Å². The Balaban J connectivity index is 1.15. The smallest absolute Gasteiger partial charge is 0.299 e. The molecule has 0 N–H and O–H groups in total. The molecule has 4 aromatic rings. The highest BCUT2D eigenvalue weighted by atomic mass is 32.1. The summed E-state index contributed by atoms with van der Waals surface area (Å²) in [4.78, 5) is 26.4. The second kappa shape index (κ2) is 9.91. The number of tetrazole rings is 1. The predicted molar refractivity (Wildman–Crippen MR) is 123 cm³/mol. The lowest BCUT2D eigenvalue weighted by molar-refractivity contribution is -0.120. The summed E-state index contributed by atoms with van der Waals surface area (Å²) in [5, 5.41) is 14.3. The van der Waals surface area contributed by atoms with E-state index < -0.39 is 0 Å². The van der Waals surface area contributed by atoms with Crippen LogP contribution in [0, 0.1) is 6.92 Å². The number of carbonyl (C=O) groups excluding carboxylic acids is 1. The SMILES string of the molecule is Cc1cc(OC=O)nc(N2CCC(c3nc(COc4ccc(-n5cnnn5)cc4)cs3)CC2)n1. The minimum Gasteiger partial charge on any atom is -0.487 e. The van der Waals surface area contributed by atoms with Gasteiger partial charge in [-0.05, 0) is 54.5 Å². The maximum absolute atomic E-state index is 10.6. The molecule has 5 rings (SSSR count). The van der Waals surface area contributed by atoms with Gasteiger partial charge in [-0.25, -0.2) is 14.6 Å². The van der Waals surface area contributed by atoms with Crippen LogP contribution in [0.3, 0.4) is 0 Å². The zero-order valence-corrected chi connectivity index (χ0v) is 19.3. The fourth-order valence-corrected chi connectivity index (χ4v) is 4.79. The lowest BCUT2D eigenvalue weighted by Crippen LogP contribution is -2.34. The quantitative estimate of drug-likeness (QED) is 0.349. The van der Waals surface area contributed by atoms with Gasteiger partial charge in [-0.2, -0.15) is 4.98 Å². The first kappa shape index (κ1) is 21.9. The molecule has 0 unspecified atom stereocenters. The topological polar surface area (TPSA) is 121 Å². The minimum atomic E-state index is 0.272. The summed E-state index contributed by atoms with van der Waals surface area (Å²) in [6.45, 7) is 4.28. The van der Waals surface area contributed by atoms with Crippen LogP contribution in [0.1, 0.15) is 35.2 Å². The first-order valence-electron chi connectivity index (χ1n) is 10.8. The average Bonchev–Trinajstić information content (AvgIpc) is 3.56. The fourth-order valence-electron chi connectivity index (χ4n) is 3.81. The molecular formula is C22H22N8O3S. The zero-order valence-electron chi connectivity index (χ0n) is 18.4. The van der Waals surface area contributed by atoms with Crippen molar-refractivity contribution < 1.29 is 14.3 Å². The van der Waals surface area contributed by atoms with Gasteiger partial charge in [0.2, 0.25) is 11.8 Å². The summed E-state index contributed by atoms with van der Waals surface area (Å²) in [5.74, 6) is 2.01. The summed E-state index contributed by atoms with van der Waals surface area (Å²) in [6, 6.07) is 9.22. The Morgan fingerprint density at radius 3 is 2.71 bits per heavy atom. The number of aromatic nitrogens is 7. The molecule has 0 amide bonds. The molecule has 34 heavy (non-hydrogen) atoms. The van der Waals surface area contributed by atoms with Gasteiger partial charge in [0.1, 0.15) is 18.7 Å². The third kappa shape index (κ3) is 5.01. The summed E-state index contributed by atoms with van der Waals surface area (Å²) in [5.41, 5.74) is 2.55. The number of thiazole rings is 1. The highest BCUT2D eigenvalue weighted by molar-refractivity contribution is 7.09. The molecule has 3 aromatic heterocycles. The van der Waals surface area contributed by atoms with Crippen LogP contribution in [-0.4, -0.2) is 54.7 Å². The van der Waals surface area contributed by atoms with E-state index in [0.717, 1.165) is 53.8 Å². The second-order valence-corrected chi connectivity index (χ2v) is 8.73. The van der Waals surface area contributed by atoms with Crippen molar-refractivity contribution in [3.05, 3.63) is 58.4 Å². The normalized spacial score (nSPS) is 14.2. The number of ether oxygens (including phenoxy) is 2. The van der Waals surface area contributed by atoms with Crippen LogP contribution in [0.15, 0.2) is 42.0 Å². The summed E-state index contributed by atoms with van der Waals surface area (Å²) < 4.78 is 12.4. The first-order valence-corrected chi connectivity index (χ1v) is 11.7. The molecule has 0 aliphatic carbocycles. The molecule has 0 radical (unpaired) electrons. The maximum atomic E-state index is 10.6. The summed E-state index contributed by atoms with van der Waals surface area (Å²) in [6.07, 6.45) is 3.45. The van der Waals surface area contributed by atoms with Crippen molar-refractivity contribution in [1.29, 1.82) is 0 Å². The van der Waals surface area contributed by atoms with E-state index >= 15 is 0 Å². The number of aryl methyl sites for hydroxylation is 1. The Kier molecular flexibility index (Phi) is 6.38. The largest absolute Gasteiger partial charge is 0.487 e. The molecule has 0 spiro atoms. The number of anilines is 1. The van der Waals surface area contributed by atoms with E-state index in [1.165, 1.54) is 0 Å². The number of rotatable bonds is 8. The standard InChI is InChI=1S/C22H22N8O3S/c1-15-10-20(33-14-31)26-22(24-15)29-8-6-16(7-9-29)21-25-17(12-34-21)11-32-19-4-2-18(3-5-19)30-13-23-27-28-30/h2-5,10,12-14,16H,6-9,11H2,1H3. The third-order valence-corrected chi connectivity index (χ3v) is 6.58. The molecule has 12 heteroatoms. The Bertz CT molecular complexity index is 1240. The Labute approximate surface area is 199 Å². The number of hydrogen-bond donors (Lipinski definition) is 0. The van der Waals surface area contributed by atoms with Crippen LogP contribution in [0.4, 0.5) is 5.95 Å². The van der Waals surface area contributed by atoms with E-state index in [2.05, 4.69) is 35.8 Å². The van der Waals surface area contributed by atoms with Gasteiger partial charge in [0.05, 0.1) is 16.4 Å². The van der Waals surface area contributed by atoms with Gasteiger partial charge in [-0.3, -0.25) is 4.79 Å². The van der Waals surface area contributed by atoms with Crippen LogP contribution in [0.25, 0.3) is 5.69 Å². The van der Waals surface area contributed by atoms with Crippen LogP contribution in [0.5, 0.6) is 11.6 Å². The third-order valence-electron chi connectivity index (χ3n) is 5.52. The van der Waals surface area contributed by atoms with E-state index in [1.54, 1.807) is 28.4 Å². The summed E-state index contributed by atoms with van der Waals surface area (Å²) >= 11 is 1.68. The van der Waals surface area contributed by atoms with Crippen molar-refractivity contribution >= 4 is 23.8 Å². The molecule has 1 aromatic carbocycles. The minimum absolute atomic E-state index is 0.272. The van der Waals surface area contributed by atoms with Crippen molar-refractivity contribution in [2.45, 2.75) is 32.3 Å². The molecule has 11 nitrogen and oxygen atoms in total. The molecule has 1 aliphatic rings. The van der Waals surface area contributed by atoms with Gasteiger partial charge in [0.25, 0.3) is 6.47 Å². The van der Waals surface area contributed by atoms with Crippen molar-refractivity contribution in [1.82, 2.24) is 35.2 Å². The molecule has 4 heterocycles. The van der Waals surface area contributed by atoms with Crippen LogP contribution in [-0.2, 0) is 11.4 Å². The average molecular weight is 479 g/mol. The Morgan fingerprint density at radius 1 is 1.15 bits per heavy atom. The van der Waals surface area contributed by atoms with Crippen molar-refractivity contribution in [3.63, 3.8) is 0 Å². The van der Waals surface area contributed by atoms with E-state index in [1.807, 2.05) is 31.2 Å². The van der Waals surface area contributed by atoms with Crippen LogP contribution < -0.4 is 14.4 Å². The maximum Gasteiger partial charge on any atom is 0.299 e. The Morgan fingerprint density at radius 2 is 1.97 bits per heavy atom. The van der Waals surface area contributed by atoms with E-state index in [4.69, 9.17) is 14.5 Å². The Hall–Kier alpha value is -3.93. The number of carbonyl (C=O) groups is 1. The van der Waals surface area contributed by atoms with Gasteiger partial charge < -0.3 is 14.4 Å². The van der Waals surface area contributed by atoms with Crippen LogP contribution >= 0.6 is 11.3 Å². The van der Waals surface area contributed by atoms with E-state index in [0.29, 0.717) is 24.9 Å². The monoisotopic (exact) mass is 478 g/mol. The summed E-state index contributed by atoms with van der Waals surface area (Å²) in [7, 11) is 0. The number of benzene rings is 1. The molecule has 1 fully saturated rings. The molecule has 0 saturated carbocycles. The van der Waals surface area contributed by atoms with E-state index in [-0.39, 0.29) is 5.88 Å². The predicted octanol–water partition coefficient (Wildman–Crippen LogP) is 2.72. The van der Waals surface area contributed by atoms with Gasteiger partial charge in [-0.1, -0.05) is 0 Å². The first-order chi connectivity index (χ1) is 16.7. The highest BCUT2D eigenvalue weighted by Gasteiger charge is 2.25. The molecule has 1 aliphatic heterocycles.